The minimum Gasteiger partial charge on any atom is -0.756 e. The van der Waals surface area contributed by atoms with E-state index in [1.165, 1.54) is 12.3 Å². The fraction of sp³-hybridized carbons (Fsp3) is 0.556. The van der Waals surface area contributed by atoms with Crippen LogP contribution in [0.25, 0.3) is 0 Å². The van der Waals surface area contributed by atoms with E-state index in [2.05, 4.69) is 4.98 Å². The summed E-state index contributed by atoms with van der Waals surface area (Å²) in [6, 6.07) is 1.37. The number of hydrogen-bond acceptors (Lipinski definition) is 9. The summed E-state index contributed by atoms with van der Waals surface area (Å²) in [7, 11) is -4.89. The van der Waals surface area contributed by atoms with Crippen LogP contribution in [0.4, 0.5) is 5.82 Å². The van der Waals surface area contributed by atoms with Gasteiger partial charge in [-0.2, -0.15) is 4.98 Å². The number of phosphoric acid groups is 1. The molecule has 1 aliphatic rings. The van der Waals surface area contributed by atoms with E-state index in [-0.39, 0.29) is 35.4 Å². The van der Waals surface area contributed by atoms with E-state index in [1.807, 2.05) is 0 Å². The average Bonchev–Trinajstić information content (AvgIpc) is 2.64. The van der Waals surface area contributed by atoms with Gasteiger partial charge in [0.15, 0.2) is 6.23 Å². The van der Waals surface area contributed by atoms with Gasteiger partial charge in [-0.15, -0.1) is 0 Å². The van der Waals surface area contributed by atoms with Gasteiger partial charge in [0.1, 0.15) is 24.1 Å². The third-order valence-corrected chi connectivity index (χ3v) is 2.64. The van der Waals surface area contributed by atoms with E-state index in [0.717, 1.165) is 4.57 Å². The zero-order chi connectivity index (χ0) is 17.1. The Kier molecular flexibility index (Phi) is 9.05. The SMILES string of the molecule is Nc1ccn([C@@H]2O[C@H](CO)[C@@H](O)[C@H]2O)c(=O)n1.O=P([O-])(O)O.[Na+]. The molecular weight excluding hydrogens is 348 g/mol. The Bertz CT molecular complexity index is 600. The average molecular weight is 363 g/mol. The number of aliphatic hydroxyl groups excluding tert-OH is 3. The Hall–Kier alpha value is -0.370. The summed E-state index contributed by atoms with van der Waals surface area (Å²) in [6.07, 6.45) is -3.27. The molecule has 23 heavy (non-hydrogen) atoms. The van der Waals surface area contributed by atoms with Crippen LogP contribution in [0.5, 0.6) is 0 Å². The molecule has 1 fully saturated rings. The third-order valence-electron chi connectivity index (χ3n) is 2.64. The standard InChI is InChI=1S/C9H13N3O5.Na.H3O4P/c10-5-1-2-12(9(16)11-5)8-7(15)6(14)4(3-13)17-8;;1-5(2,3)4/h1-2,4,6-8,13-15H,3H2,(H2,10,11,16);;(H3,1,2,3,4)/q;+1;/p-1/t4-,6-,7-,8-;;/m1../s1. The van der Waals surface area contributed by atoms with Gasteiger partial charge in [0.2, 0.25) is 0 Å². The van der Waals surface area contributed by atoms with Crippen molar-refractivity contribution < 1.29 is 68.9 Å². The summed E-state index contributed by atoms with van der Waals surface area (Å²) in [5.41, 5.74) is 4.63. The van der Waals surface area contributed by atoms with Crippen molar-refractivity contribution in [1.82, 2.24) is 9.55 Å². The summed E-state index contributed by atoms with van der Waals surface area (Å²) in [6.45, 7) is -0.453. The Balaban J connectivity index is 0.000000709. The van der Waals surface area contributed by atoms with Crippen LogP contribution in [0, 0.1) is 0 Å². The van der Waals surface area contributed by atoms with Crippen molar-refractivity contribution >= 4 is 13.6 Å². The smallest absolute Gasteiger partial charge is 0.756 e. The van der Waals surface area contributed by atoms with E-state index in [4.69, 9.17) is 34.8 Å². The maximum absolute atomic E-state index is 11.5. The van der Waals surface area contributed by atoms with Gasteiger partial charge >= 0.3 is 35.2 Å². The topological polar surface area (TPSA) is 211 Å². The van der Waals surface area contributed by atoms with Crippen molar-refractivity contribution in [3.05, 3.63) is 22.7 Å². The van der Waals surface area contributed by atoms with Crippen molar-refractivity contribution in [3.8, 4) is 0 Å². The molecule has 126 valence electrons. The molecule has 2 rings (SSSR count). The van der Waals surface area contributed by atoms with E-state index >= 15 is 0 Å². The molecule has 0 unspecified atom stereocenters. The van der Waals surface area contributed by atoms with Gasteiger partial charge < -0.3 is 40.5 Å². The van der Waals surface area contributed by atoms with Crippen LogP contribution in [-0.4, -0.2) is 59.6 Å². The van der Waals surface area contributed by atoms with Gasteiger partial charge in [0, 0.05) is 6.20 Å². The number of nitrogens with zero attached hydrogens (tertiary/aromatic N) is 2. The molecule has 0 saturated carbocycles. The Labute approximate surface area is 151 Å². The third kappa shape index (κ3) is 6.95. The predicted molar refractivity (Wildman–Crippen MR) is 68.0 cm³/mol. The van der Waals surface area contributed by atoms with Gasteiger partial charge in [0.25, 0.3) is 7.82 Å². The summed E-state index contributed by atoms with van der Waals surface area (Å²) >= 11 is 0. The second kappa shape index (κ2) is 9.20. The zero-order valence-corrected chi connectivity index (χ0v) is 14.9. The summed E-state index contributed by atoms with van der Waals surface area (Å²) < 4.78 is 15.0. The van der Waals surface area contributed by atoms with Crippen LogP contribution >= 0.6 is 7.82 Å². The largest absolute Gasteiger partial charge is 1.00 e. The van der Waals surface area contributed by atoms with Crippen LogP contribution < -0.4 is 45.9 Å². The van der Waals surface area contributed by atoms with E-state index in [9.17, 15) is 15.0 Å². The van der Waals surface area contributed by atoms with Gasteiger partial charge in [-0.1, -0.05) is 0 Å². The number of nitrogen functional groups attached to an aromatic ring is 1. The first-order chi connectivity index (χ1) is 10.0. The maximum atomic E-state index is 11.5. The molecule has 1 aliphatic heterocycles. The fourth-order valence-corrected chi connectivity index (χ4v) is 1.73. The van der Waals surface area contributed by atoms with Crippen LogP contribution in [0.3, 0.4) is 0 Å². The number of hydrogen-bond donors (Lipinski definition) is 6. The maximum Gasteiger partial charge on any atom is 1.00 e. The number of nitrogens with two attached hydrogens (primary N) is 1. The second-order valence-electron chi connectivity index (χ2n) is 4.26. The molecule has 4 atom stereocenters. The van der Waals surface area contributed by atoms with Gasteiger partial charge in [-0.3, -0.25) is 9.13 Å². The number of anilines is 1. The molecule has 14 heteroatoms. The predicted octanol–water partition coefficient (Wildman–Crippen LogP) is -7.12. The van der Waals surface area contributed by atoms with Gasteiger partial charge in [-0.25, -0.2) is 4.79 Å². The van der Waals surface area contributed by atoms with Crippen LogP contribution in [-0.2, 0) is 9.30 Å². The van der Waals surface area contributed by atoms with E-state index < -0.39 is 44.7 Å². The van der Waals surface area contributed by atoms with Crippen molar-refractivity contribution in [1.29, 1.82) is 0 Å². The molecule has 0 aliphatic carbocycles. The van der Waals surface area contributed by atoms with Crippen LogP contribution in [0.15, 0.2) is 17.1 Å². The zero-order valence-electron chi connectivity index (χ0n) is 12.0. The molecular formula is C9H15N3NaO9P. The van der Waals surface area contributed by atoms with Crippen molar-refractivity contribution in [2.75, 3.05) is 12.3 Å². The minimum absolute atomic E-state index is 0. The first kappa shape index (κ1) is 22.6. The number of aliphatic hydroxyl groups is 3. The number of ether oxygens (including phenoxy) is 1. The van der Waals surface area contributed by atoms with E-state index in [0.29, 0.717) is 0 Å². The Morgan fingerprint density at radius 3 is 2.30 bits per heavy atom. The molecule has 0 radical (unpaired) electrons. The minimum atomic E-state index is -4.89. The molecule has 1 aromatic heterocycles. The molecule has 12 nitrogen and oxygen atoms in total. The van der Waals surface area contributed by atoms with Crippen molar-refractivity contribution in [3.63, 3.8) is 0 Å². The summed E-state index contributed by atoms with van der Waals surface area (Å²) in [5, 5.41) is 28.2. The number of rotatable bonds is 2. The normalized spacial score (nSPS) is 26.9. The van der Waals surface area contributed by atoms with Gasteiger partial charge in [0.05, 0.1) is 6.61 Å². The first-order valence-electron chi connectivity index (χ1n) is 5.78. The van der Waals surface area contributed by atoms with Crippen molar-refractivity contribution in [2.45, 2.75) is 24.5 Å². The molecule has 1 aromatic rings. The molecule has 0 aromatic carbocycles. The van der Waals surface area contributed by atoms with Crippen LogP contribution in [0.1, 0.15) is 6.23 Å². The van der Waals surface area contributed by atoms with Crippen molar-refractivity contribution in [2.24, 2.45) is 0 Å². The van der Waals surface area contributed by atoms with Gasteiger partial charge in [-0.05, 0) is 6.07 Å². The molecule has 0 spiro atoms. The molecule has 0 bridgehead atoms. The molecule has 2 heterocycles. The summed E-state index contributed by atoms with van der Waals surface area (Å²) in [4.78, 5) is 37.9. The quantitative estimate of drug-likeness (QED) is 0.214. The molecule has 7 N–H and O–H groups in total. The molecule has 1 saturated heterocycles. The monoisotopic (exact) mass is 363 g/mol. The first-order valence-corrected chi connectivity index (χ1v) is 7.31. The second-order valence-corrected chi connectivity index (χ2v) is 5.24. The molecule has 0 amide bonds. The fourth-order valence-electron chi connectivity index (χ4n) is 1.73. The Morgan fingerprint density at radius 2 is 1.91 bits per heavy atom. The summed E-state index contributed by atoms with van der Waals surface area (Å²) in [5.74, 6) is 0.0537. The van der Waals surface area contributed by atoms with E-state index in [1.54, 1.807) is 0 Å². The number of aromatic nitrogens is 2. The van der Waals surface area contributed by atoms with Crippen LogP contribution in [0.2, 0.25) is 0 Å². The Morgan fingerprint density at radius 1 is 1.39 bits per heavy atom.